The molecule has 0 aromatic rings. The monoisotopic (exact) mass is 242 g/mol. The Labute approximate surface area is 108 Å². The lowest BCUT2D eigenvalue weighted by atomic mass is 9.82. The Morgan fingerprint density at radius 1 is 1.56 bits per heavy atom. The minimum Gasteiger partial charge on any atom is -0.316 e. The van der Waals surface area contributed by atoms with Crippen molar-refractivity contribution in [1.82, 2.24) is 5.32 Å². The summed E-state index contributed by atoms with van der Waals surface area (Å²) in [6.45, 7) is 13.2. The van der Waals surface area contributed by atoms with E-state index in [-0.39, 0.29) is 11.8 Å². The van der Waals surface area contributed by atoms with Crippen molar-refractivity contribution in [3.8, 4) is 6.07 Å². The molecular formula is C14H18N4. The van der Waals surface area contributed by atoms with Crippen LogP contribution in [0.1, 0.15) is 26.7 Å². The summed E-state index contributed by atoms with van der Waals surface area (Å²) in [7, 11) is 0. The number of nitrogens with zero attached hydrogens (tertiary/aromatic N) is 3. The fourth-order valence-electron chi connectivity index (χ4n) is 2.82. The van der Waals surface area contributed by atoms with Crippen LogP contribution in [0.3, 0.4) is 0 Å². The van der Waals surface area contributed by atoms with E-state index in [1.165, 1.54) is 0 Å². The van der Waals surface area contributed by atoms with Crippen molar-refractivity contribution in [1.29, 1.82) is 5.26 Å². The first-order valence-electron chi connectivity index (χ1n) is 6.46. The van der Waals surface area contributed by atoms with Gasteiger partial charge in [0.15, 0.2) is 5.70 Å². The van der Waals surface area contributed by atoms with Gasteiger partial charge in [0.1, 0.15) is 0 Å². The van der Waals surface area contributed by atoms with Crippen LogP contribution < -0.4 is 5.32 Å². The van der Waals surface area contributed by atoms with Crippen molar-refractivity contribution in [3.05, 3.63) is 22.8 Å². The summed E-state index contributed by atoms with van der Waals surface area (Å²) in [4.78, 5) is 8.24. The predicted octanol–water partition coefficient (Wildman–Crippen LogP) is 2.37. The van der Waals surface area contributed by atoms with Crippen molar-refractivity contribution in [2.45, 2.75) is 26.7 Å². The van der Waals surface area contributed by atoms with Crippen molar-refractivity contribution < 1.29 is 0 Å². The molecule has 0 aromatic heterocycles. The molecule has 0 saturated carbocycles. The molecule has 0 spiro atoms. The van der Waals surface area contributed by atoms with E-state index in [0.29, 0.717) is 11.6 Å². The SMILES string of the molecule is [C-]#[N+]C1=C(C2CCCNC2)N=C(C)C(C#N)[C@H]1C. The number of aliphatic imine (C=N–C) groups is 1. The van der Waals surface area contributed by atoms with Gasteiger partial charge in [0.25, 0.3) is 0 Å². The first-order valence-corrected chi connectivity index (χ1v) is 6.46. The zero-order valence-electron chi connectivity index (χ0n) is 10.9. The molecular weight excluding hydrogens is 224 g/mol. The molecule has 0 amide bonds. The highest BCUT2D eigenvalue weighted by atomic mass is 14.9. The Morgan fingerprint density at radius 2 is 2.33 bits per heavy atom. The van der Waals surface area contributed by atoms with E-state index in [4.69, 9.17) is 6.57 Å². The molecule has 2 aliphatic rings. The maximum atomic E-state index is 9.17. The van der Waals surface area contributed by atoms with Crippen LogP contribution in [0.2, 0.25) is 0 Å². The van der Waals surface area contributed by atoms with Gasteiger partial charge in [0, 0.05) is 29.8 Å². The molecule has 2 heterocycles. The first-order chi connectivity index (χ1) is 8.69. The second-order valence-corrected chi connectivity index (χ2v) is 5.07. The third-order valence-corrected chi connectivity index (χ3v) is 3.88. The Kier molecular flexibility index (Phi) is 3.79. The minimum absolute atomic E-state index is 0.0260. The molecule has 4 heteroatoms. The Balaban J connectivity index is 2.37. The van der Waals surface area contributed by atoms with Crippen LogP contribution in [0.4, 0.5) is 0 Å². The molecule has 0 radical (unpaired) electrons. The van der Waals surface area contributed by atoms with Gasteiger partial charge in [0.05, 0.1) is 18.6 Å². The van der Waals surface area contributed by atoms with Gasteiger partial charge in [0.2, 0.25) is 0 Å². The van der Waals surface area contributed by atoms with Crippen LogP contribution in [0, 0.1) is 35.7 Å². The van der Waals surface area contributed by atoms with E-state index in [1.54, 1.807) is 0 Å². The fraction of sp³-hybridized carbons (Fsp3) is 0.643. The number of nitrogens with one attached hydrogen (secondary N) is 1. The third-order valence-electron chi connectivity index (χ3n) is 3.88. The van der Waals surface area contributed by atoms with Gasteiger partial charge in [-0.15, -0.1) is 0 Å². The van der Waals surface area contributed by atoms with Crippen LogP contribution >= 0.6 is 0 Å². The summed E-state index contributed by atoms with van der Waals surface area (Å²) in [6.07, 6.45) is 2.21. The molecule has 4 nitrogen and oxygen atoms in total. The molecule has 0 aliphatic carbocycles. The molecule has 94 valence electrons. The van der Waals surface area contributed by atoms with Gasteiger partial charge in [-0.25, -0.2) is 4.85 Å². The van der Waals surface area contributed by atoms with Crippen LogP contribution in [-0.2, 0) is 0 Å². The van der Waals surface area contributed by atoms with E-state index < -0.39 is 0 Å². The zero-order valence-corrected chi connectivity index (χ0v) is 10.9. The van der Waals surface area contributed by atoms with Gasteiger partial charge in [-0.05, 0) is 26.3 Å². The first kappa shape index (κ1) is 12.8. The van der Waals surface area contributed by atoms with E-state index >= 15 is 0 Å². The molecule has 0 bridgehead atoms. The second-order valence-electron chi connectivity index (χ2n) is 5.07. The van der Waals surface area contributed by atoms with Gasteiger partial charge in [-0.3, -0.25) is 4.99 Å². The van der Waals surface area contributed by atoms with Crippen LogP contribution in [0.25, 0.3) is 4.85 Å². The maximum Gasteiger partial charge on any atom is 0.191 e. The highest BCUT2D eigenvalue weighted by Crippen LogP contribution is 2.36. The van der Waals surface area contributed by atoms with Gasteiger partial charge in [-0.2, -0.15) is 5.26 Å². The van der Waals surface area contributed by atoms with Crippen LogP contribution in [0.15, 0.2) is 16.4 Å². The largest absolute Gasteiger partial charge is 0.316 e. The highest BCUT2D eigenvalue weighted by molar-refractivity contribution is 5.89. The standard InChI is InChI=1S/C14H18N4/c1-9-12(7-15)10(2)18-14(13(9)16-3)11-5-4-6-17-8-11/h9,11-12,17H,4-6,8H2,1-2H3/t9-,11?,12?/m1/s1. The maximum absolute atomic E-state index is 9.17. The quantitative estimate of drug-likeness (QED) is 0.718. The van der Waals surface area contributed by atoms with E-state index in [0.717, 1.165) is 37.3 Å². The topological polar surface area (TPSA) is 52.5 Å². The van der Waals surface area contributed by atoms with Crippen LogP contribution in [-0.4, -0.2) is 18.8 Å². The summed E-state index contributed by atoms with van der Waals surface area (Å²) in [5, 5.41) is 12.5. The summed E-state index contributed by atoms with van der Waals surface area (Å²) >= 11 is 0. The average molecular weight is 242 g/mol. The molecule has 1 N–H and O–H groups in total. The average Bonchev–Trinajstić information content (AvgIpc) is 2.39. The van der Waals surface area contributed by atoms with E-state index in [9.17, 15) is 5.26 Å². The fourth-order valence-corrected chi connectivity index (χ4v) is 2.82. The van der Waals surface area contributed by atoms with E-state index in [2.05, 4.69) is 21.2 Å². The number of nitriles is 1. The molecule has 2 rings (SSSR count). The summed E-state index contributed by atoms with van der Waals surface area (Å²) < 4.78 is 0. The minimum atomic E-state index is -0.241. The van der Waals surface area contributed by atoms with Gasteiger partial charge < -0.3 is 5.32 Å². The number of piperidine rings is 1. The van der Waals surface area contributed by atoms with Crippen molar-refractivity contribution in [3.63, 3.8) is 0 Å². The third kappa shape index (κ3) is 2.17. The Bertz CT molecular complexity index is 469. The summed E-state index contributed by atoms with van der Waals surface area (Å²) in [6, 6.07) is 2.27. The highest BCUT2D eigenvalue weighted by Gasteiger charge is 2.33. The van der Waals surface area contributed by atoms with E-state index in [1.807, 2.05) is 13.8 Å². The van der Waals surface area contributed by atoms with Crippen molar-refractivity contribution in [2.75, 3.05) is 13.1 Å². The smallest absolute Gasteiger partial charge is 0.191 e. The molecule has 1 saturated heterocycles. The van der Waals surface area contributed by atoms with Crippen molar-refractivity contribution >= 4 is 5.71 Å². The van der Waals surface area contributed by atoms with Crippen molar-refractivity contribution in [2.24, 2.45) is 22.7 Å². The summed E-state index contributed by atoms with van der Waals surface area (Å²) in [5.74, 6) is 0.0659. The zero-order chi connectivity index (χ0) is 13.1. The molecule has 2 unspecified atom stereocenters. The number of allylic oxidation sites excluding steroid dienone is 1. The van der Waals surface area contributed by atoms with Gasteiger partial charge in [-0.1, -0.05) is 6.92 Å². The normalized spacial score (nSPS) is 32.4. The van der Waals surface area contributed by atoms with Gasteiger partial charge >= 0.3 is 0 Å². The lowest BCUT2D eigenvalue weighted by Crippen LogP contribution is -2.33. The predicted molar refractivity (Wildman–Crippen MR) is 70.6 cm³/mol. The molecule has 3 atom stereocenters. The number of hydrogen-bond acceptors (Lipinski definition) is 3. The number of rotatable bonds is 1. The lowest BCUT2D eigenvalue weighted by molar-refractivity contribution is 0.410. The Hall–Kier alpha value is -1.65. The lowest BCUT2D eigenvalue weighted by Gasteiger charge is -2.30. The Morgan fingerprint density at radius 3 is 2.89 bits per heavy atom. The summed E-state index contributed by atoms with van der Waals surface area (Å²) in [5.41, 5.74) is 2.48. The molecule has 1 fully saturated rings. The van der Waals surface area contributed by atoms with Crippen LogP contribution in [0.5, 0.6) is 0 Å². The molecule has 18 heavy (non-hydrogen) atoms. The molecule has 0 aromatic carbocycles. The number of hydrogen-bond donors (Lipinski definition) is 1. The second kappa shape index (κ2) is 5.33. The molecule has 2 aliphatic heterocycles.